The Labute approximate surface area is 120 Å². The van der Waals surface area contributed by atoms with Crippen LogP contribution in [0.2, 0.25) is 0 Å². The van der Waals surface area contributed by atoms with E-state index in [1.165, 1.54) is 12.0 Å². The molecule has 1 atom stereocenters. The zero-order valence-electron chi connectivity index (χ0n) is 11.9. The molecule has 0 spiro atoms. The Balaban J connectivity index is 1.91. The summed E-state index contributed by atoms with van der Waals surface area (Å²) in [4.78, 5) is 0. The number of rotatable bonds is 0. The van der Waals surface area contributed by atoms with Crippen LogP contribution in [-0.2, 0) is 12.0 Å². The largest absolute Gasteiger partial charge is 0.378 e. The smallest absolute Gasteiger partial charge is 0.151 e. The van der Waals surface area contributed by atoms with Gasteiger partial charge in [-0.15, -0.1) is 0 Å². The van der Waals surface area contributed by atoms with E-state index in [0.717, 1.165) is 44.1 Å². The first-order valence-electron chi connectivity index (χ1n) is 7.69. The summed E-state index contributed by atoms with van der Waals surface area (Å²) in [7, 11) is 0. The number of benzene rings is 1. The van der Waals surface area contributed by atoms with E-state index in [2.05, 4.69) is 17.9 Å². The van der Waals surface area contributed by atoms with Crippen LogP contribution >= 0.6 is 0 Å². The van der Waals surface area contributed by atoms with Crippen molar-refractivity contribution in [2.24, 2.45) is 0 Å². The van der Waals surface area contributed by atoms with Gasteiger partial charge in [0, 0.05) is 0 Å². The molecule has 0 heterocycles. The molecule has 2 aliphatic carbocycles. The molecule has 20 heavy (non-hydrogen) atoms. The molecule has 2 N–H and O–H groups in total. The summed E-state index contributed by atoms with van der Waals surface area (Å²) in [5, 5.41) is 21.4. The SMILES string of the molecule is OC1(C#CC2(O)CCCc3ccccc32)CCCCC1. The second kappa shape index (κ2) is 5.24. The predicted molar refractivity (Wildman–Crippen MR) is 79.1 cm³/mol. The molecule has 1 saturated carbocycles. The molecule has 0 aromatic heterocycles. The third-order valence-electron chi connectivity index (χ3n) is 4.63. The third kappa shape index (κ3) is 2.61. The van der Waals surface area contributed by atoms with Crippen LogP contribution in [0.5, 0.6) is 0 Å². The zero-order chi connectivity index (χ0) is 14.1. The Morgan fingerprint density at radius 2 is 1.60 bits per heavy atom. The maximum Gasteiger partial charge on any atom is 0.151 e. The van der Waals surface area contributed by atoms with Crippen molar-refractivity contribution in [3.63, 3.8) is 0 Å². The van der Waals surface area contributed by atoms with Gasteiger partial charge in [-0.25, -0.2) is 0 Å². The average Bonchev–Trinajstić information content (AvgIpc) is 2.47. The van der Waals surface area contributed by atoms with Crippen LogP contribution in [0.15, 0.2) is 24.3 Å². The maximum absolute atomic E-state index is 10.9. The topological polar surface area (TPSA) is 40.5 Å². The highest BCUT2D eigenvalue weighted by atomic mass is 16.3. The summed E-state index contributed by atoms with van der Waals surface area (Å²) in [5.41, 5.74) is 0.145. The molecule has 0 bridgehead atoms. The highest BCUT2D eigenvalue weighted by molar-refractivity contribution is 5.41. The van der Waals surface area contributed by atoms with Crippen molar-refractivity contribution in [1.82, 2.24) is 0 Å². The lowest BCUT2D eigenvalue weighted by atomic mass is 9.78. The monoisotopic (exact) mass is 270 g/mol. The zero-order valence-corrected chi connectivity index (χ0v) is 11.9. The lowest BCUT2D eigenvalue weighted by Crippen LogP contribution is -2.33. The van der Waals surface area contributed by atoms with E-state index in [1.54, 1.807) is 0 Å². The minimum absolute atomic E-state index is 0.660. The standard InChI is InChI=1S/C18H22O2/c19-17(10-4-1-5-11-17)13-14-18(20)12-6-8-15-7-2-3-9-16(15)18/h2-3,7,9,19-20H,1,4-6,8,10-12H2. The van der Waals surface area contributed by atoms with Crippen LogP contribution < -0.4 is 0 Å². The lowest BCUT2D eigenvalue weighted by molar-refractivity contribution is 0.0556. The van der Waals surface area contributed by atoms with Gasteiger partial charge < -0.3 is 10.2 Å². The van der Waals surface area contributed by atoms with Gasteiger partial charge in [-0.05, 0) is 56.1 Å². The molecule has 0 amide bonds. The molecule has 1 aromatic carbocycles. The van der Waals surface area contributed by atoms with Crippen molar-refractivity contribution in [2.75, 3.05) is 0 Å². The van der Waals surface area contributed by atoms with Gasteiger partial charge in [-0.1, -0.05) is 42.5 Å². The Hall–Kier alpha value is -1.30. The van der Waals surface area contributed by atoms with Crippen LogP contribution in [0, 0.1) is 11.8 Å². The van der Waals surface area contributed by atoms with Gasteiger partial charge in [-0.2, -0.15) is 0 Å². The van der Waals surface area contributed by atoms with Gasteiger partial charge in [-0.3, -0.25) is 0 Å². The molecular formula is C18H22O2. The summed E-state index contributed by atoms with van der Waals surface area (Å²) in [6.07, 6.45) is 7.31. The van der Waals surface area contributed by atoms with Gasteiger partial charge in [0.25, 0.3) is 0 Å². The fourth-order valence-electron chi connectivity index (χ4n) is 3.42. The number of aliphatic hydroxyl groups is 2. The molecule has 0 saturated heterocycles. The second-order valence-electron chi connectivity index (χ2n) is 6.21. The first-order chi connectivity index (χ1) is 9.61. The van der Waals surface area contributed by atoms with Crippen molar-refractivity contribution in [3.05, 3.63) is 35.4 Å². The molecule has 2 heteroatoms. The Morgan fingerprint density at radius 1 is 0.850 bits per heavy atom. The number of aryl methyl sites for hydroxylation is 1. The quantitative estimate of drug-likeness (QED) is 0.712. The highest BCUT2D eigenvalue weighted by Gasteiger charge is 2.34. The molecule has 1 fully saturated rings. The molecule has 106 valence electrons. The Morgan fingerprint density at radius 3 is 2.40 bits per heavy atom. The number of hydrogen-bond acceptors (Lipinski definition) is 2. The van der Waals surface area contributed by atoms with Crippen molar-refractivity contribution in [2.45, 2.75) is 62.6 Å². The van der Waals surface area contributed by atoms with E-state index in [1.807, 2.05) is 18.2 Å². The first-order valence-corrected chi connectivity index (χ1v) is 7.69. The molecule has 0 radical (unpaired) electrons. The fourth-order valence-corrected chi connectivity index (χ4v) is 3.42. The summed E-state index contributed by atoms with van der Waals surface area (Å²) >= 11 is 0. The normalized spacial score (nSPS) is 28.1. The summed E-state index contributed by atoms with van der Waals surface area (Å²) in [6.45, 7) is 0. The second-order valence-corrected chi connectivity index (χ2v) is 6.21. The van der Waals surface area contributed by atoms with E-state index in [0.29, 0.717) is 6.42 Å². The summed E-state index contributed by atoms with van der Waals surface area (Å²) in [5.74, 6) is 6.02. The minimum Gasteiger partial charge on any atom is -0.378 e. The van der Waals surface area contributed by atoms with Gasteiger partial charge in [0.05, 0.1) is 0 Å². The average molecular weight is 270 g/mol. The first kappa shape index (κ1) is 13.7. The third-order valence-corrected chi connectivity index (χ3v) is 4.63. The summed E-state index contributed by atoms with van der Waals surface area (Å²) < 4.78 is 0. The van der Waals surface area contributed by atoms with Gasteiger partial charge in [0.1, 0.15) is 5.60 Å². The van der Waals surface area contributed by atoms with Crippen LogP contribution in [0.4, 0.5) is 0 Å². The van der Waals surface area contributed by atoms with Crippen molar-refractivity contribution in [3.8, 4) is 11.8 Å². The molecule has 1 unspecified atom stereocenters. The predicted octanol–water partition coefficient (Wildman–Crippen LogP) is 2.91. The van der Waals surface area contributed by atoms with Crippen molar-refractivity contribution >= 4 is 0 Å². The van der Waals surface area contributed by atoms with E-state index >= 15 is 0 Å². The minimum atomic E-state index is -1.08. The van der Waals surface area contributed by atoms with E-state index in [-0.39, 0.29) is 0 Å². The lowest BCUT2D eigenvalue weighted by Gasteiger charge is -2.31. The molecular weight excluding hydrogens is 248 g/mol. The number of hydrogen-bond donors (Lipinski definition) is 2. The van der Waals surface area contributed by atoms with Gasteiger partial charge >= 0.3 is 0 Å². The van der Waals surface area contributed by atoms with Crippen LogP contribution in [0.25, 0.3) is 0 Å². The molecule has 2 aliphatic rings. The Kier molecular flexibility index (Phi) is 3.58. The Bertz CT molecular complexity index is 546. The van der Waals surface area contributed by atoms with E-state index in [9.17, 15) is 10.2 Å². The molecule has 3 rings (SSSR count). The van der Waals surface area contributed by atoms with E-state index in [4.69, 9.17) is 0 Å². The van der Waals surface area contributed by atoms with Crippen LogP contribution in [0.3, 0.4) is 0 Å². The molecule has 2 nitrogen and oxygen atoms in total. The van der Waals surface area contributed by atoms with Crippen molar-refractivity contribution in [1.29, 1.82) is 0 Å². The highest BCUT2D eigenvalue weighted by Crippen LogP contribution is 2.35. The van der Waals surface area contributed by atoms with Crippen LogP contribution in [0.1, 0.15) is 56.1 Å². The van der Waals surface area contributed by atoms with Crippen molar-refractivity contribution < 1.29 is 10.2 Å². The van der Waals surface area contributed by atoms with Gasteiger partial charge in [0.2, 0.25) is 0 Å². The van der Waals surface area contributed by atoms with Gasteiger partial charge in [0.15, 0.2) is 5.60 Å². The number of fused-ring (bicyclic) bond motifs is 1. The molecule has 0 aliphatic heterocycles. The van der Waals surface area contributed by atoms with E-state index < -0.39 is 11.2 Å². The fraction of sp³-hybridized carbons (Fsp3) is 0.556. The maximum atomic E-state index is 10.9. The molecule has 1 aromatic rings. The summed E-state index contributed by atoms with van der Waals surface area (Å²) in [6, 6.07) is 7.99. The van der Waals surface area contributed by atoms with Crippen LogP contribution in [-0.4, -0.2) is 15.8 Å².